The predicted octanol–water partition coefficient (Wildman–Crippen LogP) is 1.68. The van der Waals surface area contributed by atoms with E-state index in [2.05, 4.69) is 40.2 Å². The Morgan fingerprint density at radius 3 is 2.84 bits per heavy atom. The van der Waals surface area contributed by atoms with Gasteiger partial charge in [0.15, 0.2) is 0 Å². The highest BCUT2D eigenvalue weighted by atomic mass is 15.2. The van der Waals surface area contributed by atoms with Crippen LogP contribution in [0.3, 0.4) is 0 Å². The summed E-state index contributed by atoms with van der Waals surface area (Å²) < 4.78 is 0. The Labute approximate surface area is 113 Å². The number of anilines is 2. The topological polar surface area (TPSA) is 61.2 Å². The van der Waals surface area contributed by atoms with Gasteiger partial charge in [-0.2, -0.15) is 5.10 Å². The number of rotatable bonds is 2. The molecular weight excluding hydrogens is 238 g/mol. The van der Waals surface area contributed by atoms with Gasteiger partial charge in [0.2, 0.25) is 0 Å². The highest BCUT2D eigenvalue weighted by Crippen LogP contribution is 2.30. The highest BCUT2D eigenvalue weighted by Gasteiger charge is 2.22. The second kappa shape index (κ2) is 4.74. The van der Waals surface area contributed by atoms with Gasteiger partial charge in [0.1, 0.15) is 0 Å². The molecule has 0 atom stereocenters. The fourth-order valence-electron chi connectivity index (χ4n) is 2.88. The minimum absolute atomic E-state index is 0.568. The van der Waals surface area contributed by atoms with E-state index >= 15 is 0 Å². The quantitative estimate of drug-likeness (QED) is 0.806. The van der Waals surface area contributed by atoms with Crippen LogP contribution < -0.4 is 10.6 Å². The molecule has 0 radical (unpaired) electrons. The number of hydrogen-bond donors (Lipinski definition) is 2. The Morgan fingerprint density at radius 1 is 1.37 bits per heavy atom. The van der Waals surface area contributed by atoms with Crippen molar-refractivity contribution in [3.05, 3.63) is 18.3 Å². The molecule has 2 heterocycles. The van der Waals surface area contributed by atoms with E-state index < -0.39 is 0 Å². The van der Waals surface area contributed by atoms with Crippen LogP contribution in [-0.2, 0) is 0 Å². The lowest BCUT2D eigenvalue weighted by molar-refractivity contribution is 0.253. The average Bonchev–Trinajstić information content (AvgIpc) is 2.85. The van der Waals surface area contributed by atoms with Gasteiger partial charge in [0.25, 0.3) is 0 Å². The Balaban J connectivity index is 1.88. The van der Waals surface area contributed by atoms with E-state index in [9.17, 15) is 0 Å². The zero-order chi connectivity index (χ0) is 13.4. The van der Waals surface area contributed by atoms with Crippen LogP contribution in [0.15, 0.2) is 18.3 Å². The van der Waals surface area contributed by atoms with Crippen LogP contribution in [0.5, 0.6) is 0 Å². The summed E-state index contributed by atoms with van der Waals surface area (Å²) in [7, 11) is 4.32. The summed E-state index contributed by atoms with van der Waals surface area (Å²) in [5, 5.41) is 8.14. The van der Waals surface area contributed by atoms with Crippen molar-refractivity contribution in [2.75, 3.05) is 37.8 Å². The van der Waals surface area contributed by atoms with E-state index in [0.29, 0.717) is 6.04 Å². The number of H-pyrrole nitrogens is 1. The number of nitrogens with one attached hydrogen (secondary N) is 1. The second-order valence-electron chi connectivity index (χ2n) is 5.51. The minimum Gasteiger partial charge on any atom is -0.397 e. The standard InChI is InChI=1S/C14H21N5/c1-18-5-3-11(4-6-18)19(2)14-8-13-10(7-12(14)15)9-16-17-13/h7-9,11H,3-6,15H2,1-2H3,(H,16,17). The number of benzene rings is 1. The molecule has 0 aliphatic carbocycles. The number of aromatic nitrogens is 2. The molecule has 1 saturated heterocycles. The van der Waals surface area contributed by atoms with Crippen molar-refractivity contribution in [2.45, 2.75) is 18.9 Å². The summed E-state index contributed by atoms with van der Waals surface area (Å²) in [6.45, 7) is 2.31. The third kappa shape index (κ3) is 2.26. The SMILES string of the molecule is CN1CCC(N(C)c2cc3[nH]ncc3cc2N)CC1. The number of piperidine rings is 1. The molecule has 3 rings (SSSR count). The van der Waals surface area contributed by atoms with Crippen LogP contribution in [0.25, 0.3) is 10.9 Å². The molecule has 1 aliphatic heterocycles. The molecule has 1 aromatic carbocycles. The molecular formula is C14H21N5. The van der Waals surface area contributed by atoms with Gasteiger partial charge in [-0.1, -0.05) is 0 Å². The van der Waals surface area contributed by atoms with E-state index in [0.717, 1.165) is 35.4 Å². The Bertz CT molecular complexity index is 568. The van der Waals surface area contributed by atoms with Gasteiger partial charge in [-0.15, -0.1) is 0 Å². The molecule has 3 N–H and O–H groups in total. The maximum atomic E-state index is 6.19. The number of nitrogens with two attached hydrogens (primary N) is 1. The van der Waals surface area contributed by atoms with Gasteiger partial charge >= 0.3 is 0 Å². The van der Waals surface area contributed by atoms with Crippen LogP contribution in [0.1, 0.15) is 12.8 Å². The van der Waals surface area contributed by atoms with Crippen LogP contribution in [0.4, 0.5) is 11.4 Å². The number of fused-ring (bicyclic) bond motifs is 1. The fourth-order valence-corrected chi connectivity index (χ4v) is 2.88. The number of aromatic amines is 1. The number of likely N-dealkylation sites (tertiary alicyclic amines) is 1. The Hall–Kier alpha value is -1.75. The lowest BCUT2D eigenvalue weighted by Gasteiger charge is -2.36. The fraction of sp³-hybridized carbons (Fsp3) is 0.500. The number of nitrogen functional groups attached to an aromatic ring is 1. The lowest BCUT2D eigenvalue weighted by atomic mass is 10.0. The molecule has 0 amide bonds. The normalized spacial score (nSPS) is 18.0. The number of hydrogen-bond acceptors (Lipinski definition) is 4. The molecule has 102 valence electrons. The van der Waals surface area contributed by atoms with E-state index in [4.69, 9.17) is 5.73 Å². The predicted molar refractivity (Wildman–Crippen MR) is 79.4 cm³/mol. The Morgan fingerprint density at radius 2 is 2.11 bits per heavy atom. The molecule has 1 fully saturated rings. The zero-order valence-corrected chi connectivity index (χ0v) is 11.6. The molecule has 1 aromatic heterocycles. The van der Waals surface area contributed by atoms with Crippen LogP contribution in [0, 0.1) is 0 Å². The van der Waals surface area contributed by atoms with Crippen molar-refractivity contribution in [1.82, 2.24) is 15.1 Å². The molecule has 5 nitrogen and oxygen atoms in total. The molecule has 2 aromatic rings. The summed E-state index contributed by atoms with van der Waals surface area (Å²) in [6, 6.07) is 4.68. The van der Waals surface area contributed by atoms with E-state index in [-0.39, 0.29) is 0 Å². The van der Waals surface area contributed by atoms with Crippen molar-refractivity contribution in [3.63, 3.8) is 0 Å². The van der Waals surface area contributed by atoms with Crippen molar-refractivity contribution in [2.24, 2.45) is 0 Å². The third-order valence-electron chi connectivity index (χ3n) is 4.20. The first-order valence-corrected chi connectivity index (χ1v) is 6.79. The summed E-state index contributed by atoms with van der Waals surface area (Å²) in [5.74, 6) is 0. The van der Waals surface area contributed by atoms with Gasteiger partial charge in [-0.25, -0.2) is 0 Å². The van der Waals surface area contributed by atoms with Crippen molar-refractivity contribution < 1.29 is 0 Å². The second-order valence-corrected chi connectivity index (χ2v) is 5.51. The van der Waals surface area contributed by atoms with Gasteiger partial charge < -0.3 is 15.5 Å². The average molecular weight is 259 g/mol. The summed E-state index contributed by atoms with van der Waals surface area (Å²) in [6.07, 6.45) is 4.19. The van der Waals surface area contributed by atoms with Crippen molar-refractivity contribution >= 4 is 22.3 Å². The van der Waals surface area contributed by atoms with Crippen molar-refractivity contribution in [3.8, 4) is 0 Å². The van der Waals surface area contributed by atoms with Crippen molar-refractivity contribution in [1.29, 1.82) is 0 Å². The molecule has 0 unspecified atom stereocenters. The summed E-state index contributed by atoms with van der Waals surface area (Å²) >= 11 is 0. The lowest BCUT2D eigenvalue weighted by Crippen LogP contribution is -2.42. The van der Waals surface area contributed by atoms with Gasteiger partial charge in [0, 0.05) is 18.5 Å². The first kappa shape index (κ1) is 12.3. The van der Waals surface area contributed by atoms with Gasteiger partial charge in [-0.3, -0.25) is 5.10 Å². The maximum absolute atomic E-state index is 6.19. The van der Waals surface area contributed by atoms with E-state index in [1.54, 1.807) is 0 Å². The smallest absolute Gasteiger partial charge is 0.0672 e. The van der Waals surface area contributed by atoms with Crippen LogP contribution >= 0.6 is 0 Å². The van der Waals surface area contributed by atoms with Crippen LogP contribution in [-0.4, -0.2) is 48.3 Å². The first-order valence-electron chi connectivity index (χ1n) is 6.79. The largest absolute Gasteiger partial charge is 0.397 e. The zero-order valence-electron chi connectivity index (χ0n) is 11.6. The molecule has 0 saturated carbocycles. The van der Waals surface area contributed by atoms with E-state index in [1.807, 2.05) is 12.3 Å². The van der Waals surface area contributed by atoms with Crippen LogP contribution in [0.2, 0.25) is 0 Å². The van der Waals surface area contributed by atoms with Gasteiger partial charge in [-0.05, 0) is 45.1 Å². The third-order valence-corrected chi connectivity index (χ3v) is 4.20. The number of nitrogens with zero attached hydrogens (tertiary/aromatic N) is 3. The monoisotopic (exact) mass is 259 g/mol. The molecule has 1 aliphatic rings. The molecule has 5 heteroatoms. The molecule has 0 spiro atoms. The van der Waals surface area contributed by atoms with E-state index in [1.165, 1.54) is 12.8 Å². The summed E-state index contributed by atoms with van der Waals surface area (Å²) in [4.78, 5) is 4.70. The highest BCUT2D eigenvalue weighted by molar-refractivity contribution is 5.88. The Kier molecular flexibility index (Phi) is 3.06. The van der Waals surface area contributed by atoms with Gasteiger partial charge in [0.05, 0.1) is 23.1 Å². The minimum atomic E-state index is 0.568. The molecule has 0 bridgehead atoms. The first-order chi connectivity index (χ1) is 9.15. The maximum Gasteiger partial charge on any atom is 0.0672 e. The molecule has 19 heavy (non-hydrogen) atoms. The summed E-state index contributed by atoms with van der Waals surface area (Å²) in [5.41, 5.74) is 9.16.